The van der Waals surface area contributed by atoms with Crippen LogP contribution >= 0.6 is 11.6 Å². The van der Waals surface area contributed by atoms with Crippen molar-refractivity contribution in [2.24, 2.45) is 0 Å². The quantitative estimate of drug-likeness (QED) is 0.769. The molecule has 1 rings (SSSR count). The molecule has 0 fully saturated rings. The molecule has 88 valence electrons. The van der Waals surface area contributed by atoms with Crippen molar-refractivity contribution < 1.29 is 4.74 Å². The van der Waals surface area contributed by atoms with Gasteiger partial charge in [-0.05, 0) is 19.5 Å². The van der Waals surface area contributed by atoms with Crippen molar-refractivity contribution in [2.45, 2.75) is 26.5 Å². The number of nitrogens with one attached hydrogen (secondary N) is 1. The number of ether oxygens (including phenoxy) is 1. The summed E-state index contributed by atoms with van der Waals surface area (Å²) in [6, 6.07) is 5.78. The highest BCUT2D eigenvalue weighted by atomic mass is 35.5. The van der Waals surface area contributed by atoms with Crippen LogP contribution in [0.1, 0.15) is 19.4 Å². The van der Waals surface area contributed by atoms with E-state index in [1.807, 2.05) is 25.1 Å². The van der Waals surface area contributed by atoms with E-state index in [0.717, 1.165) is 24.4 Å². The second-order valence-electron chi connectivity index (χ2n) is 3.57. The van der Waals surface area contributed by atoms with E-state index in [9.17, 15) is 0 Å². The topological polar surface area (TPSA) is 21.3 Å². The maximum Gasteiger partial charge on any atom is 0.143 e. The van der Waals surface area contributed by atoms with Crippen LogP contribution < -0.4 is 10.1 Å². The Kier molecular flexibility index (Phi) is 5.36. The molecule has 0 bridgehead atoms. The second-order valence-corrected chi connectivity index (χ2v) is 3.97. The predicted molar refractivity (Wildman–Crippen MR) is 69.1 cm³/mol. The smallest absolute Gasteiger partial charge is 0.143 e. The molecule has 0 radical (unpaired) electrons. The third-order valence-electron chi connectivity index (χ3n) is 2.25. The molecule has 0 heterocycles. The summed E-state index contributed by atoms with van der Waals surface area (Å²) in [4.78, 5) is 0. The number of halogens is 1. The maximum atomic E-state index is 6.12. The van der Waals surface area contributed by atoms with Gasteiger partial charge in [0.2, 0.25) is 0 Å². The van der Waals surface area contributed by atoms with Crippen LogP contribution in [0.15, 0.2) is 30.9 Å². The van der Waals surface area contributed by atoms with Gasteiger partial charge in [0, 0.05) is 12.1 Å². The molecule has 1 N–H and O–H groups in total. The summed E-state index contributed by atoms with van der Waals surface area (Å²) in [7, 11) is 0. The van der Waals surface area contributed by atoms with E-state index in [1.54, 1.807) is 6.08 Å². The van der Waals surface area contributed by atoms with Crippen LogP contribution in [-0.4, -0.2) is 12.6 Å². The predicted octanol–water partition coefficient (Wildman–Crippen LogP) is 3.40. The summed E-state index contributed by atoms with van der Waals surface area (Å²) < 4.78 is 5.73. The normalized spacial score (nSPS) is 12.2. The molecule has 2 nitrogen and oxygen atoms in total. The molecule has 3 heteroatoms. The second kappa shape index (κ2) is 6.56. The highest BCUT2D eigenvalue weighted by Crippen LogP contribution is 2.29. The standard InChI is InChI=1S/C13H18ClNO/c1-4-10(3)16-13-11(9-15-5-2)7-6-8-12(13)14/h4,6-8,10,15H,1,5,9H2,2-3H3. The minimum atomic E-state index is -0.0414. The van der Waals surface area contributed by atoms with E-state index >= 15 is 0 Å². The van der Waals surface area contributed by atoms with Gasteiger partial charge in [-0.1, -0.05) is 43.3 Å². The molecule has 0 aromatic heterocycles. The van der Waals surface area contributed by atoms with Crippen molar-refractivity contribution in [3.05, 3.63) is 41.4 Å². The highest BCUT2D eigenvalue weighted by molar-refractivity contribution is 6.32. The Hall–Kier alpha value is -0.990. The number of benzene rings is 1. The maximum absolute atomic E-state index is 6.12. The molecular formula is C13H18ClNO. The van der Waals surface area contributed by atoms with Crippen molar-refractivity contribution in [1.29, 1.82) is 0 Å². The molecule has 16 heavy (non-hydrogen) atoms. The molecule has 0 saturated carbocycles. The molecule has 0 aliphatic carbocycles. The van der Waals surface area contributed by atoms with Crippen molar-refractivity contribution in [3.63, 3.8) is 0 Å². The van der Waals surface area contributed by atoms with Crippen molar-refractivity contribution in [3.8, 4) is 5.75 Å². The summed E-state index contributed by atoms with van der Waals surface area (Å²) >= 11 is 6.12. The van der Waals surface area contributed by atoms with E-state index < -0.39 is 0 Å². The Morgan fingerprint density at radius 1 is 1.56 bits per heavy atom. The van der Waals surface area contributed by atoms with Gasteiger partial charge in [-0.25, -0.2) is 0 Å². The van der Waals surface area contributed by atoms with Gasteiger partial charge < -0.3 is 10.1 Å². The summed E-state index contributed by atoms with van der Waals surface area (Å²) in [5.41, 5.74) is 1.07. The number of hydrogen-bond donors (Lipinski definition) is 1. The van der Waals surface area contributed by atoms with E-state index in [0.29, 0.717) is 5.02 Å². The Morgan fingerprint density at radius 3 is 2.94 bits per heavy atom. The summed E-state index contributed by atoms with van der Waals surface area (Å²) in [6.45, 7) is 9.38. The number of para-hydroxylation sites is 1. The molecule has 1 unspecified atom stereocenters. The average Bonchev–Trinajstić information content (AvgIpc) is 2.29. The largest absolute Gasteiger partial charge is 0.485 e. The van der Waals surface area contributed by atoms with E-state index in [1.165, 1.54) is 0 Å². The molecule has 0 aliphatic heterocycles. The van der Waals surface area contributed by atoms with Crippen LogP contribution in [0.2, 0.25) is 5.02 Å². The van der Waals surface area contributed by atoms with Crippen molar-refractivity contribution >= 4 is 11.6 Å². The lowest BCUT2D eigenvalue weighted by molar-refractivity contribution is 0.267. The van der Waals surface area contributed by atoms with Crippen molar-refractivity contribution in [2.75, 3.05) is 6.54 Å². The zero-order valence-electron chi connectivity index (χ0n) is 9.79. The third-order valence-corrected chi connectivity index (χ3v) is 2.55. The molecule has 1 atom stereocenters. The van der Waals surface area contributed by atoms with Crippen LogP contribution in [0.4, 0.5) is 0 Å². The van der Waals surface area contributed by atoms with Gasteiger partial charge in [-0.3, -0.25) is 0 Å². The Labute approximate surface area is 102 Å². The number of hydrogen-bond acceptors (Lipinski definition) is 2. The monoisotopic (exact) mass is 239 g/mol. The lowest BCUT2D eigenvalue weighted by atomic mass is 10.2. The van der Waals surface area contributed by atoms with Crippen LogP contribution in [0, 0.1) is 0 Å². The molecule has 0 spiro atoms. The molecular weight excluding hydrogens is 222 g/mol. The van der Waals surface area contributed by atoms with E-state index in [-0.39, 0.29) is 6.10 Å². The van der Waals surface area contributed by atoms with Crippen LogP contribution in [0.3, 0.4) is 0 Å². The van der Waals surface area contributed by atoms with Gasteiger partial charge in [0.1, 0.15) is 11.9 Å². The lowest BCUT2D eigenvalue weighted by Crippen LogP contribution is -2.15. The fourth-order valence-corrected chi connectivity index (χ4v) is 1.56. The summed E-state index contributed by atoms with van der Waals surface area (Å²) in [5, 5.41) is 3.90. The summed E-state index contributed by atoms with van der Waals surface area (Å²) in [6.07, 6.45) is 1.71. The fourth-order valence-electron chi connectivity index (χ4n) is 1.32. The molecule has 1 aromatic carbocycles. The first-order chi connectivity index (χ1) is 7.69. The van der Waals surface area contributed by atoms with Gasteiger partial charge in [-0.15, -0.1) is 0 Å². The molecule has 0 aliphatic rings. The third kappa shape index (κ3) is 3.54. The average molecular weight is 240 g/mol. The van der Waals surface area contributed by atoms with Gasteiger partial charge >= 0.3 is 0 Å². The molecule has 0 amide bonds. The zero-order valence-corrected chi connectivity index (χ0v) is 10.6. The van der Waals surface area contributed by atoms with Crippen molar-refractivity contribution in [1.82, 2.24) is 5.32 Å². The zero-order chi connectivity index (χ0) is 12.0. The number of rotatable bonds is 6. The minimum absolute atomic E-state index is 0.0414. The van der Waals surface area contributed by atoms with Gasteiger partial charge in [0.05, 0.1) is 5.02 Å². The van der Waals surface area contributed by atoms with Gasteiger partial charge in [0.25, 0.3) is 0 Å². The van der Waals surface area contributed by atoms with Crippen LogP contribution in [0.25, 0.3) is 0 Å². The van der Waals surface area contributed by atoms with E-state index in [4.69, 9.17) is 16.3 Å². The van der Waals surface area contributed by atoms with E-state index in [2.05, 4.69) is 18.8 Å². The van der Waals surface area contributed by atoms with Crippen LogP contribution in [0.5, 0.6) is 5.75 Å². The van der Waals surface area contributed by atoms with Gasteiger partial charge in [-0.2, -0.15) is 0 Å². The SMILES string of the molecule is C=CC(C)Oc1c(Cl)cccc1CNCC. The Balaban J connectivity index is 2.89. The minimum Gasteiger partial charge on any atom is -0.485 e. The molecule has 0 saturated heterocycles. The lowest BCUT2D eigenvalue weighted by Gasteiger charge is -2.16. The first-order valence-electron chi connectivity index (χ1n) is 5.46. The summed E-state index contributed by atoms with van der Waals surface area (Å²) in [5.74, 6) is 0.748. The first kappa shape index (κ1) is 13.1. The fraction of sp³-hybridized carbons (Fsp3) is 0.385. The molecule has 1 aromatic rings. The Bertz CT molecular complexity index is 352. The van der Waals surface area contributed by atoms with Gasteiger partial charge in [0.15, 0.2) is 0 Å². The first-order valence-corrected chi connectivity index (χ1v) is 5.84. The Morgan fingerprint density at radius 2 is 2.31 bits per heavy atom. The van der Waals surface area contributed by atoms with Crippen LogP contribution in [-0.2, 0) is 6.54 Å². The highest BCUT2D eigenvalue weighted by Gasteiger charge is 2.09.